The van der Waals surface area contributed by atoms with Gasteiger partial charge in [-0.05, 0) is 55.4 Å². The summed E-state index contributed by atoms with van der Waals surface area (Å²) < 4.78 is 0. The number of hydrogen-bond acceptors (Lipinski definition) is 4. The van der Waals surface area contributed by atoms with Crippen molar-refractivity contribution in [2.75, 3.05) is 0 Å². The summed E-state index contributed by atoms with van der Waals surface area (Å²) in [4.78, 5) is 24.6. The lowest BCUT2D eigenvalue weighted by Crippen LogP contribution is -2.47. The lowest BCUT2D eigenvalue weighted by atomic mass is 9.67. The van der Waals surface area contributed by atoms with E-state index in [1.807, 2.05) is 5.38 Å². The summed E-state index contributed by atoms with van der Waals surface area (Å²) in [7, 11) is 0. The molecule has 3 N–H and O–H groups in total. The molecule has 114 valence electrons. The fourth-order valence-corrected chi connectivity index (χ4v) is 4.34. The van der Waals surface area contributed by atoms with Crippen LogP contribution in [0, 0.1) is 17.8 Å². The topological polar surface area (TPSA) is 78.4 Å². The van der Waals surface area contributed by atoms with Crippen LogP contribution in [0.25, 0.3) is 0 Å². The maximum atomic E-state index is 12.2. The van der Waals surface area contributed by atoms with E-state index in [0.717, 1.165) is 32.1 Å². The molecular weight excluding hydrogens is 288 g/mol. The molecule has 5 nitrogen and oxygen atoms in total. The van der Waals surface area contributed by atoms with Gasteiger partial charge in [-0.1, -0.05) is 6.07 Å². The maximum Gasteiger partial charge on any atom is 0.279 e. The third-order valence-electron chi connectivity index (χ3n) is 4.53. The Morgan fingerprint density at radius 1 is 1.10 bits per heavy atom. The Bertz CT molecular complexity index is 499. The molecule has 1 aromatic rings. The molecule has 0 saturated heterocycles. The van der Waals surface area contributed by atoms with E-state index >= 15 is 0 Å². The number of fused-ring (bicyclic) bond motifs is 2. The van der Waals surface area contributed by atoms with E-state index in [-0.39, 0.29) is 23.8 Å². The second-order valence-electron chi connectivity index (χ2n) is 6.18. The summed E-state index contributed by atoms with van der Waals surface area (Å²) in [5.41, 5.74) is 5.03. The molecule has 2 fully saturated rings. The minimum atomic E-state index is -0.273. The minimum absolute atomic E-state index is 0.0510. The van der Waals surface area contributed by atoms with Gasteiger partial charge in [-0.15, -0.1) is 11.3 Å². The lowest BCUT2D eigenvalue weighted by molar-refractivity contribution is -0.129. The number of aliphatic hydroxyl groups is 1. The smallest absolute Gasteiger partial charge is 0.279 e. The van der Waals surface area contributed by atoms with Gasteiger partial charge in [-0.2, -0.15) is 0 Å². The normalized spacial score (nSPS) is 31.5. The average molecular weight is 308 g/mol. The van der Waals surface area contributed by atoms with Crippen molar-refractivity contribution in [3.63, 3.8) is 0 Å². The van der Waals surface area contributed by atoms with Crippen molar-refractivity contribution in [1.82, 2.24) is 10.9 Å². The third kappa shape index (κ3) is 3.44. The molecule has 2 saturated carbocycles. The van der Waals surface area contributed by atoms with Crippen LogP contribution in [0.15, 0.2) is 17.5 Å². The number of carbonyl (C=O) groups excluding carboxylic acids is 2. The number of amides is 2. The van der Waals surface area contributed by atoms with Crippen LogP contribution >= 0.6 is 11.3 Å². The molecule has 0 aliphatic heterocycles. The molecule has 3 rings (SSSR count). The molecule has 21 heavy (non-hydrogen) atoms. The fourth-order valence-electron chi connectivity index (χ4n) is 3.72. The van der Waals surface area contributed by atoms with Crippen LogP contribution in [-0.4, -0.2) is 23.0 Å². The Hall–Kier alpha value is -1.40. The molecule has 1 heterocycles. The Morgan fingerprint density at radius 3 is 2.43 bits per heavy atom. The summed E-state index contributed by atoms with van der Waals surface area (Å²) in [6.07, 6.45) is 4.17. The molecule has 0 spiro atoms. The summed E-state index contributed by atoms with van der Waals surface area (Å²) in [5.74, 6) is 0.452. The molecular formula is C15H20N2O3S. The number of nitrogens with one attached hydrogen (secondary N) is 2. The summed E-state index contributed by atoms with van der Waals surface area (Å²) in [6, 6.07) is 3.52. The minimum Gasteiger partial charge on any atom is -0.393 e. The van der Waals surface area contributed by atoms with E-state index in [9.17, 15) is 14.7 Å². The van der Waals surface area contributed by atoms with Gasteiger partial charge >= 0.3 is 0 Å². The van der Waals surface area contributed by atoms with Crippen molar-refractivity contribution in [1.29, 1.82) is 0 Å². The monoisotopic (exact) mass is 308 g/mol. The van der Waals surface area contributed by atoms with Gasteiger partial charge < -0.3 is 5.11 Å². The van der Waals surface area contributed by atoms with Gasteiger partial charge in [0.05, 0.1) is 11.0 Å². The van der Waals surface area contributed by atoms with Crippen LogP contribution < -0.4 is 10.9 Å². The third-order valence-corrected chi connectivity index (χ3v) is 5.40. The van der Waals surface area contributed by atoms with E-state index < -0.39 is 0 Å². The Labute approximate surface area is 127 Å². The molecule has 2 aliphatic rings. The van der Waals surface area contributed by atoms with Crippen molar-refractivity contribution in [3.8, 4) is 0 Å². The van der Waals surface area contributed by atoms with E-state index in [4.69, 9.17) is 0 Å². The van der Waals surface area contributed by atoms with Gasteiger partial charge in [-0.3, -0.25) is 20.4 Å². The zero-order valence-electron chi connectivity index (χ0n) is 11.7. The van der Waals surface area contributed by atoms with E-state index in [1.54, 1.807) is 12.1 Å². The second-order valence-corrected chi connectivity index (χ2v) is 7.13. The fraction of sp³-hybridized carbons (Fsp3) is 0.600. The number of aliphatic hydroxyl groups excluding tert-OH is 1. The summed E-state index contributed by atoms with van der Waals surface area (Å²) >= 11 is 1.34. The Balaban J connectivity index is 1.51. The molecule has 6 heteroatoms. The second kappa shape index (κ2) is 6.15. The Morgan fingerprint density at radius 2 is 1.81 bits per heavy atom. The number of carbonyl (C=O) groups is 2. The molecule has 2 bridgehead atoms. The van der Waals surface area contributed by atoms with E-state index in [0.29, 0.717) is 16.7 Å². The number of hydrogen-bond donors (Lipinski definition) is 3. The quantitative estimate of drug-likeness (QED) is 0.728. The first-order valence-electron chi connectivity index (χ1n) is 7.43. The molecule has 0 aromatic carbocycles. The van der Waals surface area contributed by atoms with Gasteiger partial charge in [0.15, 0.2) is 0 Å². The van der Waals surface area contributed by atoms with Gasteiger partial charge in [0.1, 0.15) is 0 Å². The van der Waals surface area contributed by atoms with Crippen LogP contribution in [0.1, 0.15) is 41.8 Å². The molecule has 2 unspecified atom stereocenters. The van der Waals surface area contributed by atoms with Crippen molar-refractivity contribution in [3.05, 3.63) is 22.4 Å². The van der Waals surface area contributed by atoms with E-state index in [1.165, 1.54) is 11.3 Å². The SMILES string of the molecule is O=C(NNC(=O)C1C[C@H]2CC(O)C[C@@H](C1)C2)c1cccs1. The highest BCUT2D eigenvalue weighted by Gasteiger charge is 2.38. The van der Waals surface area contributed by atoms with Crippen LogP contribution in [0.3, 0.4) is 0 Å². The first-order valence-corrected chi connectivity index (χ1v) is 8.31. The molecule has 4 atom stereocenters. The zero-order valence-corrected chi connectivity index (χ0v) is 12.6. The van der Waals surface area contributed by atoms with Gasteiger partial charge in [0.25, 0.3) is 5.91 Å². The summed E-state index contributed by atoms with van der Waals surface area (Å²) in [5, 5.41) is 11.6. The number of rotatable bonds is 2. The standard InChI is InChI=1S/C15H20N2O3S/c18-12-7-9-4-10(8-12)6-11(5-9)14(19)16-17-15(20)13-2-1-3-21-13/h1-3,9-12,18H,4-8H2,(H,16,19)(H,17,20)/t9-,10+,11?,12?. The molecule has 2 amide bonds. The molecule has 0 radical (unpaired) electrons. The largest absolute Gasteiger partial charge is 0.393 e. The Kier molecular flexibility index (Phi) is 4.26. The van der Waals surface area contributed by atoms with E-state index in [2.05, 4.69) is 10.9 Å². The van der Waals surface area contributed by atoms with Gasteiger partial charge in [-0.25, -0.2) is 0 Å². The summed E-state index contributed by atoms with van der Waals surface area (Å²) in [6.45, 7) is 0. The highest BCUT2D eigenvalue weighted by atomic mass is 32.1. The molecule has 2 aliphatic carbocycles. The highest BCUT2D eigenvalue weighted by molar-refractivity contribution is 7.12. The van der Waals surface area contributed by atoms with Crippen LogP contribution in [-0.2, 0) is 4.79 Å². The number of hydrazine groups is 1. The van der Waals surface area contributed by atoms with Crippen LogP contribution in [0.4, 0.5) is 0 Å². The lowest BCUT2D eigenvalue weighted by Gasteiger charge is -2.40. The number of thiophene rings is 1. The van der Waals surface area contributed by atoms with Crippen molar-refractivity contribution in [2.24, 2.45) is 17.8 Å². The van der Waals surface area contributed by atoms with Crippen LogP contribution in [0.5, 0.6) is 0 Å². The van der Waals surface area contributed by atoms with Crippen LogP contribution in [0.2, 0.25) is 0 Å². The first-order chi connectivity index (χ1) is 10.1. The molecule has 1 aromatic heterocycles. The van der Waals surface area contributed by atoms with Crippen molar-refractivity contribution in [2.45, 2.75) is 38.2 Å². The predicted molar refractivity (Wildman–Crippen MR) is 79.5 cm³/mol. The van der Waals surface area contributed by atoms with Crippen molar-refractivity contribution >= 4 is 23.2 Å². The highest BCUT2D eigenvalue weighted by Crippen LogP contribution is 2.42. The first kappa shape index (κ1) is 14.5. The van der Waals surface area contributed by atoms with Gasteiger partial charge in [0, 0.05) is 5.92 Å². The maximum absolute atomic E-state index is 12.2. The van der Waals surface area contributed by atoms with Crippen molar-refractivity contribution < 1.29 is 14.7 Å². The zero-order chi connectivity index (χ0) is 14.8. The predicted octanol–water partition coefficient (Wildman–Crippen LogP) is 1.70. The average Bonchev–Trinajstić information content (AvgIpc) is 2.97. The van der Waals surface area contributed by atoms with Gasteiger partial charge in [0.2, 0.25) is 5.91 Å².